The molecular formula is C20H21ClN2O4. The number of rotatable bonds is 6. The Morgan fingerprint density at radius 1 is 1.04 bits per heavy atom. The lowest BCUT2D eigenvalue weighted by Gasteiger charge is -2.17. The molecule has 0 aliphatic carbocycles. The Hall–Kier alpha value is -2.86. The first-order valence-electron chi connectivity index (χ1n) is 8.40. The lowest BCUT2D eigenvalue weighted by Crippen LogP contribution is -2.42. The van der Waals surface area contributed by atoms with Gasteiger partial charge < -0.3 is 15.4 Å². The number of esters is 1. The number of amides is 2. The summed E-state index contributed by atoms with van der Waals surface area (Å²) < 4.78 is 5.14. The van der Waals surface area contributed by atoms with Crippen LogP contribution in [0.4, 0.5) is 5.69 Å². The third-order valence-electron chi connectivity index (χ3n) is 3.74. The smallest absolute Gasteiger partial charge is 0.329 e. The zero-order valence-corrected chi connectivity index (χ0v) is 16.0. The maximum Gasteiger partial charge on any atom is 0.329 e. The Morgan fingerprint density at radius 3 is 2.41 bits per heavy atom. The number of carbonyl (C=O) groups excluding carboxylic acids is 3. The third-order valence-corrected chi connectivity index (χ3v) is 3.97. The molecule has 6 nitrogen and oxygen atoms in total. The quantitative estimate of drug-likeness (QED) is 0.743. The summed E-state index contributed by atoms with van der Waals surface area (Å²) in [5.41, 5.74) is 1.88. The second-order valence-electron chi connectivity index (χ2n) is 6.14. The predicted molar refractivity (Wildman–Crippen MR) is 104 cm³/mol. The number of halogens is 1. The summed E-state index contributed by atoms with van der Waals surface area (Å²) in [5.74, 6) is -1.59. The minimum absolute atomic E-state index is 0.390. The number of aryl methyl sites for hydroxylation is 1. The topological polar surface area (TPSA) is 84.5 Å². The van der Waals surface area contributed by atoms with E-state index in [-0.39, 0.29) is 5.91 Å². The fourth-order valence-electron chi connectivity index (χ4n) is 2.27. The molecule has 0 spiro atoms. The molecule has 1 unspecified atom stereocenters. The SMILES string of the molecule is Cc1cccc(C(=O)N[C@@H](C)C(=O)OC(C)C(=O)Nc2cccc(Cl)c2)c1. The molecular weight excluding hydrogens is 368 g/mol. The van der Waals surface area contributed by atoms with Crippen molar-refractivity contribution in [2.75, 3.05) is 5.32 Å². The van der Waals surface area contributed by atoms with Gasteiger partial charge in [0.1, 0.15) is 6.04 Å². The van der Waals surface area contributed by atoms with Crippen LogP contribution in [-0.2, 0) is 14.3 Å². The van der Waals surface area contributed by atoms with Crippen LogP contribution in [0.3, 0.4) is 0 Å². The first kappa shape index (κ1) is 20.5. The van der Waals surface area contributed by atoms with Crippen LogP contribution in [0, 0.1) is 6.92 Å². The highest BCUT2D eigenvalue weighted by atomic mass is 35.5. The minimum atomic E-state index is -1.03. The Balaban J connectivity index is 1.89. The van der Waals surface area contributed by atoms with Crippen molar-refractivity contribution in [3.63, 3.8) is 0 Å². The van der Waals surface area contributed by atoms with Crippen molar-refractivity contribution in [1.29, 1.82) is 0 Å². The van der Waals surface area contributed by atoms with Crippen molar-refractivity contribution in [1.82, 2.24) is 5.32 Å². The van der Waals surface area contributed by atoms with Gasteiger partial charge in [-0.25, -0.2) is 4.79 Å². The third kappa shape index (κ3) is 6.11. The molecule has 2 atom stereocenters. The van der Waals surface area contributed by atoms with Crippen LogP contribution in [0.15, 0.2) is 48.5 Å². The molecule has 2 aromatic carbocycles. The summed E-state index contributed by atoms with van der Waals surface area (Å²) in [7, 11) is 0. The summed E-state index contributed by atoms with van der Waals surface area (Å²) >= 11 is 5.87. The molecule has 0 aliphatic rings. The van der Waals surface area contributed by atoms with E-state index >= 15 is 0 Å². The second-order valence-corrected chi connectivity index (χ2v) is 6.58. The van der Waals surface area contributed by atoms with Gasteiger partial charge in [0, 0.05) is 16.3 Å². The van der Waals surface area contributed by atoms with E-state index in [9.17, 15) is 14.4 Å². The van der Waals surface area contributed by atoms with Gasteiger partial charge in [-0.1, -0.05) is 35.4 Å². The predicted octanol–water partition coefficient (Wildman–Crippen LogP) is 3.34. The standard InChI is InChI=1S/C20H21ClN2O4/c1-12-6-4-7-15(10-12)19(25)22-13(2)20(26)27-14(3)18(24)23-17-9-5-8-16(21)11-17/h4-11,13-14H,1-3H3,(H,22,25)(H,23,24)/t13-,14?/m0/s1. The number of benzene rings is 2. The summed E-state index contributed by atoms with van der Waals surface area (Å²) in [6.07, 6.45) is -1.03. The Kier molecular flexibility index (Phi) is 6.96. The molecule has 0 saturated heterocycles. The molecule has 0 aromatic heterocycles. The van der Waals surface area contributed by atoms with Gasteiger partial charge in [-0.2, -0.15) is 0 Å². The molecule has 7 heteroatoms. The molecule has 0 bridgehead atoms. The largest absolute Gasteiger partial charge is 0.451 e. The molecule has 0 saturated carbocycles. The van der Waals surface area contributed by atoms with Gasteiger partial charge in [-0.15, -0.1) is 0 Å². The maximum absolute atomic E-state index is 12.2. The molecule has 2 N–H and O–H groups in total. The minimum Gasteiger partial charge on any atom is -0.451 e. The van der Waals surface area contributed by atoms with Crippen molar-refractivity contribution < 1.29 is 19.1 Å². The summed E-state index contributed by atoms with van der Waals surface area (Å²) in [6.45, 7) is 4.82. The number of hydrogen-bond acceptors (Lipinski definition) is 4. The van der Waals surface area contributed by atoms with E-state index in [0.717, 1.165) is 5.56 Å². The van der Waals surface area contributed by atoms with Crippen molar-refractivity contribution in [3.05, 3.63) is 64.7 Å². The van der Waals surface area contributed by atoms with Gasteiger partial charge >= 0.3 is 5.97 Å². The van der Waals surface area contributed by atoms with Gasteiger partial charge in [0.05, 0.1) is 0 Å². The van der Waals surface area contributed by atoms with E-state index in [1.165, 1.54) is 13.8 Å². The highest BCUT2D eigenvalue weighted by Gasteiger charge is 2.23. The zero-order valence-electron chi connectivity index (χ0n) is 15.3. The lowest BCUT2D eigenvalue weighted by molar-refractivity contribution is -0.154. The highest BCUT2D eigenvalue weighted by molar-refractivity contribution is 6.30. The molecule has 2 rings (SSSR count). The van der Waals surface area contributed by atoms with Crippen LogP contribution in [0.1, 0.15) is 29.8 Å². The van der Waals surface area contributed by atoms with Gasteiger partial charge in [-0.05, 0) is 51.1 Å². The van der Waals surface area contributed by atoms with Crippen molar-refractivity contribution in [2.45, 2.75) is 32.9 Å². The number of anilines is 1. The fourth-order valence-corrected chi connectivity index (χ4v) is 2.46. The summed E-state index contributed by atoms with van der Waals surface area (Å²) in [6, 6.07) is 12.7. The number of hydrogen-bond donors (Lipinski definition) is 2. The molecule has 2 amide bonds. The number of carbonyl (C=O) groups is 3. The second kappa shape index (κ2) is 9.19. The summed E-state index contributed by atoms with van der Waals surface area (Å²) in [5, 5.41) is 5.65. The zero-order chi connectivity index (χ0) is 20.0. The van der Waals surface area contributed by atoms with E-state index in [1.807, 2.05) is 13.0 Å². The van der Waals surface area contributed by atoms with Crippen LogP contribution in [0.25, 0.3) is 0 Å². The lowest BCUT2D eigenvalue weighted by atomic mass is 10.1. The molecule has 0 aliphatic heterocycles. The van der Waals surface area contributed by atoms with Gasteiger partial charge in [0.15, 0.2) is 6.10 Å². The van der Waals surface area contributed by atoms with Crippen molar-refractivity contribution in [2.24, 2.45) is 0 Å². The molecule has 27 heavy (non-hydrogen) atoms. The molecule has 0 radical (unpaired) electrons. The average Bonchev–Trinajstić information content (AvgIpc) is 2.61. The Labute approximate surface area is 162 Å². The van der Waals surface area contributed by atoms with Crippen LogP contribution in [-0.4, -0.2) is 29.9 Å². The molecule has 2 aromatic rings. The Bertz CT molecular complexity index is 853. The van der Waals surface area contributed by atoms with E-state index in [4.69, 9.17) is 16.3 Å². The average molecular weight is 389 g/mol. The molecule has 142 valence electrons. The van der Waals surface area contributed by atoms with Gasteiger partial charge in [-0.3, -0.25) is 9.59 Å². The van der Waals surface area contributed by atoms with E-state index < -0.39 is 24.0 Å². The van der Waals surface area contributed by atoms with Crippen molar-refractivity contribution >= 4 is 35.1 Å². The first-order valence-corrected chi connectivity index (χ1v) is 8.78. The normalized spacial score (nSPS) is 12.6. The van der Waals surface area contributed by atoms with E-state index in [0.29, 0.717) is 16.3 Å². The number of nitrogens with one attached hydrogen (secondary N) is 2. The Morgan fingerprint density at radius 2 is 1.74 bits per heavy atom. The number of ether oxygens (including phenoxy) is 1. The van der Waals surface area contributed by atoms with Crippen molar-refractivity contribution in [3.8, 4) is 0 Å². The van der Waals surface area contributed by atoms with Crippen LogP contribution in [0.5, 0.6) is 0 Å². The molecule has 0 heterocycles. The van der Waals surface area contributed by atoms with Crippen LogP contribution >= 0.6 is 11.6 Å². The molecule has 0 fully saturated rings. The van der Waals surface area contributed by atoms with Gasteiger partial charge in [0.25, 0.3) is 11.8 Å². The monoisotopic (exact) mass is 388 g/mol. The van der Waals surface area contributed by atoms with Crippen LogP contribution < -0.4 is 10.6 Å². The van der Waals surface area contributed by atoms with E-state index in [1.54, 1.807) is 42.5 Å². The van der Waals surface area contributed by atoms with Gasteiger partial charge in [0.2, 0.25) is 0 Å². The maximum atomic E-state index is 12.2. The van der Waals surface area contributed by atoms with E-state index in [2.05, 4.69) is 10.6 Å². The first-order chi connectivity index (χ1) is 12.8. The highest BCUT2D eigenvalue weighted by Crippen LogP contribution is 2.15. The van der Waals surface area contributed by atoms with Crippen LogP contribution in [0.2, 0.25) is 5.02 Å². The summed E-state index contributed by atoms with van der Waals surface area (Å²) in [4.78, 5) is 36.5. The fraction of sp³-hybridized carbons (Fsp3) is 0.250.